The standard InChI is InChI=1S/C15H23NS/c1-2-14(11-13-7-4-3-5-8-13)16-12-15-9-6-10-17-15/h3-5,7-8,14-16H,2,6,9-12H2,1H3. The van der Waals surface area contributed by atoms with Crippen LogP contribution in [0, 0.1) is 0 Å². The van der Waals surface area contributed by atoms with E-state index in [1.54, 1.807) is 0 Å². The number of hydrogen-bond acceptors (Lipinski definition) is 2. The van der Waals surface area contributed by atoms with Gasteiger partial charge < -0.3 is 5.32 Å². The van der Waals surface area contributed by atoms with Crippen LogP contribution < -0.4 is 5.32 Å². The van der Waals surface area contributed by atoms with Crippen molar-refractivity contribution < 1.29 is 0 Å². The van der Waals surface area contributed by atoms with Gasteiger partial charge in [0.1, 0.15) is 0 Å². The topological polar surface area (TPSA) is 12.0 Å². The van der Waals surface area contributed by atoms with E-state index in [1.807, 2.05) is 0 Å². The lowest BCUT2D eigenvalue weighted by atomic mass is 10.0. The van der Waals surface area contributed by atoms with Crippen LogP contribution in [0.25, 0.3) is 0 Å². The average molecular weight is 249 g/mol. The number of hydrogen-bond donors (Lipinski definition) is 1. The van der Waals surface area contributed by atoms with Crippen molar-refractivity contribution in [2.75, 3.05) is 12.3 Å². The molecule has 0 bridgehead atoms. The molecule has 0 aromatic heterocycles. The lowest BCUT2D eigenvalue weighted by Crippen LogP contribution is -2.35. The Morgan fingerprint density at radius 1 is 1.35 bits per heavy atom. The third kappa shape index (κ3) is 4.36. The Morgan fingerprint density at radius 3 is 2.82 bits per heavy atom. The molecule has 0 amide bonds. The Balaban J connectivity index is 1.76. The van der Waals surface area contributed by atoms with E-state index in [0.717, 1.165) is 11.7 Å². The highest BCUT2D eigenvalue weighted by atomic mass is 32.2. The Kier molecular flexibility index (Phi) is 5.40. The number of benzene rings is 1. The van der Waals surface area contributed by atoms with Crippen LogP contribution in [0.2, 0.25) is 0 Å². The fourth-order valence-corrected chi connectivity index (χ4v) is 3.58. The first-order chi connectivity index (χ1) is 8.38. The van der Waals surface area contributed by atoms with Crippen molar-refractivity contribution in [3.05, 3.63) is 35.9 Å². The van der Waals surface area contributed by atoms with Gasteiger partial charge in [-0.3, -0.25) is 0 Å². The van der Waals surface area contributed by atoms with E-state index in [9.17, 15) is 0 Å². The van der Waals surface area contributed by atoms with Crippen molar-refractivity contribution in [2.45, 2.75) is 43.9 Å². The maximum atomic E-state index is 3.74. The largest absolute Gasteiger partial charge is 0.313 e. The number of nitrogens with one attached hydrogen (secondary N) is 1. The van der Waals surface area contributed by atoms with Gasteiger partial charge >= 0.3 is 0 Å². The Morgan fingerprint density at radius 2 is 2.18 bits per heavy atom. The Labute approximate surface area is 109 Å². The Hall–Kier alpha value is -0.470. The molecule has 1 aliphatic heterocycles. The third-order valence-corrected chi connectivity index (χ3v) is 4.87. The van der Waals surface area contributed by atoms with Crippen LogP contribution >= 0.6 is 11.8 Å². The van der Waals surface area contributed by atoms with Gasteiger partial charge in [0.05, 0.1) is 0 Å². The molecule has 0 aliphatic carbocycles. The van der Waals surface area contributed by atoms with Crippen molar-refractivity contribution in [1.29, 1.82) is 0 Å². The minimum atomic E-state index is 0.638. The van der Waals surface area contributed by atoms with Crippen molar-refractivity contribution in [2.24, 2.45) is 0 Å². The molecule has 1 fully saturated rings. The molecule has 1 aliphatic rings. The summed E-state index contributed by atoms with van der Waals surface area (Å²) >= 11 is 2.14. The van der Waals surface area contributed by atoms with Crippen LogP contribution in [-0.2, 0) is 6.42 Å². The molecule has 2 heteroatoms. The summed E-state index contributed by atoms with van der Waals surface area (Å²) in [4.78, 5) is 0. The summed E-state index contributed by atoms with van der Waals surface area (Å²) in [6.07, 6.45) is 5.19. The molecule has 1 saturated heterocycles. The van der Waals surface area contributed by atoms with Crippen LogP contribution in [-0.4, -0.2) is 23.6 Å². The maximum absolute atomic E-state index is 3.74. The molecular formula is C15H23NS. The summed E-state index contributed by atoms with van der Waals surface area (Å²) in [5, 5.41) is 4.60. The SMILES string of the molecule is CCC(Cc1ccccc1)NCC1CCCS1. The van der Waals surface area contributed by atoms with Gasteiger partial charge in [-0.2, -0.15) is 11.8 Å². The van der Waals surface area contributed by atoms with E-state index < -0.39 is 0 Å². The van der Waals surface area contributed by atoms with Crippen molar-refractivity contribution in [3.8, 4) is 0 Å². The van der Waals surface area contributed by atoms with Crippen LogP contribution in [0.4, 0.5) is 0 Å². The summed E-state index contributed by atoms with van der Waals surface area (Å²) in [7, 11) is 0. The van der Waals surface area contributed by atoms with Gasteiger partial charge in [-0.15, -0.1) is 0 Å². The van der Waals surface area contributed by atoms with E-state index in [1.165, 1.54) is 37.1 Å². The first-order valence-electron chi connectivity index (χ1n) is 6.77. The molecule has 1 heterocycles. The van der Waals surface area contributed by atoms with Gasteiger partial charge in [-0.25, -0.2) is 0 Å². The first-order valence-corrected chi connectivity index (χ1v) is 7.82. The molecule has 2 unspecified atom stereocenters. The minimum absolute atomic E-state index is 0.638. The van der Waals surface area contributed by atoms with Crippen molar-refractivity contribution in [1.82, 2.24) is 5.32 Å². The molecule has 17 heavy (non-hydrogen) atoms. The smallest absolute Gasteiger partial charge is 0.0172 e. The molecule has 1 nitrogen and oxygen atoms in total. The zero-order valence-corrected chi connectivity index (χ0v) is 11.5. The van der Waals surface area contributed by atoms with Gasteiger partial charge in [0, 0.05) is 17.8 Å². The highest BCUT2D eigenvalue weighted by molar-refractivity contribution is 8.00. The van der Waals surface area contributed by atoms with Gasteiger partial charge in [0.2, 0.25) is 0 Å². The first kappa shape index (κ1) is 13.0. The third-order valence-electron chi connectivity index (χ3n) is 3.48. The monoisotopic (exact) mass is 249 g/mol. The van der Waals surface area contributed by atoms with E-state index in [0.29, 0.717) is 6.04 Å². The maximum Gasteiger partial charge on any atom is 0.0172 e. The lowest BCUT2D eigenvalue weighted by Gasteiger charge is -2.19. The van der Waals surface area contributed by atoms with Crippen LogP contribution in [0.3, 0.4) is 0 Å². The van der Waals surface area contributed by atoms with Gasteiger partial charge in [-0.05, 0) is 37.0 Å². The van der Waals surface area contributed by atoms with Crippen LogP contribution in [0.15, 0.2) is 30.3 Å². The number of rotatable bonds is 6. The molecule has 0 radical (unpaired) electrons. The number of thioether (sulfide) groups is 1. The quantitative estimate of drug-likeness (QED) is 0.828. The summed E-state index contributed by atoms with van der Waals surface area (Å²) in [5.41, 5.74) is 1.45. The average Bonchev–Trinajstić information content (AvgIpc) is 2.89. The molecule has 0 spiro atoms. The van der Waals surface area contributed by atoms with E-state index in [2.05, 4.69) is 54.3 Å². The van der Waals surface area contributed by atoms with Gasteiger partial charge in [0.15, 0.2) is 0 Å². The summed E-state index contributed by atoms with van der Waals surface area (Å²) in [6.45, 7) is 3.47. The predicted molar refractivity (Wildman–Crippen MR) is 77.7 cm³/mol. The second-order valence-corrected chi connectivity index (χ2v) is 6.25. The van der Waals surface area contributed by atoms with Crippen LogP contribution in [0.1, 0.15) is 31.7 Å². The zero-order valence-electron chi connectivity index (χ0n) is 10.7. The lowest BCUT2D eigenvalue weighted by molar-refractivity contribution is 0.490. The highest BCUT2D eigenvalue weighted by Crippen LogP contribution is 2.25. The minimum Gasteiger partial charge on any atom is -0.313 e. The van der Waals surface area contributed by atoms with Crippen LogP contribution in [0.5, 0.6) is 0 Å². The van der Waals surface area contributed by atoms with Gasteiger partial charge in [0.25, 0.3) is 0 Å². The second-order valence-electron chi connectivity index (χ2n) is 4.84. The molecule has 2 rings (SSSR count). The molecule has 2 atom stereocenters. The Bertz CT molecular complexity index is 306. The molecule has 1 aromatic carbocycles. The van der Waals surface area contributed by atoms with Gasteiger partial charge in [-0.1, -0.05) is 37.3 Å². The zero-order chi connectivity index (χ0) is 11.9. The summed E-state index contributed by atoms with van der Waals surface area (Å²) in [5.74, 6) is 1.36. The molecule has 0 saturated carbocycles. The molecular weight excluding hydrogens is 226 g/mol. The molecule has 1 N–H and O–H groups in total. The molecule has 1 aromatic rings. The highest BCUT2D eigenvalue weighted by Gasteiger charge is 2.16. The molecule has 94 valence electrons. The van der Waals surface area contributed by atoms with Crippen molar-refractivity contribution >= 4 is 11.8 Å². The predicted octanol–water partition coefficient (Wildman–Crippen LogP) is 3.49. The van der Waals surface area contributed by atoms with E-state index >= 15 is 0 Å². The summed E-state index contributed by atoms with van der Waals surface area (Å²) < 4.78 is 0. The van der Waals surface area contributed by atoms with E-state index in [-0.39, 0.29) is 0 Å². The normalized spacial score (nSPS) is 21.6. The van der Waals surface area contributed by atoms with Crippen molar-refractivity contribution in [3.63, 3.8) is 0 Å². The fraction of sp³-hybridized carbons (Fsp3) is 0.600. The van der Waals surface area contributed by atoms with E-state index in [4.69, 9.17) is 0 Å². The fourth-order valence-electron chi connectivity index (χ4n) is 2.36. The second kappa shape index (κ2) is 7.07. The summed E-state index contributed by atoms with van der Waals surface area (Å²) in [6, 6.07) is 11.5.